The van der Waals surface area contributed by atoms with Crippen LogP contribution in [0.2, 0.25) is 0 Å². The number of aryl methyl sites for hydroxylation is 2. The number of anilines is 1. The van der Waals surface area contributed by atoms with Gasteiger partial charge in [-0.3, -0.25) is 0 Å². The Hall–Kier alpha value is -1.25. The van der Waals surface area contributed by atoms with Crippen LogP contribution in [-0.2, 0) is 10.0 Å². The van der Waals surface area contributed by atoms with E-state index in [0.717, 1.165) is 5.56 Å². The number of rotatable bonds is 6. The lowest BCUT2D eigenvalue weighted by atomic mass is 10.1. The zero-order valence-electron chi connectivity index (χ0n) is 12.2. The van der Waals surface area contributed by atoms with E-state index in [2.05, 4.69) is 0 Å². The van der Waals surface area contributed by atoms with Gasteiger partial charge in [-0.1, -0.05) is 6.07 Å². The average Bonchev–Trinajstić information content (AvgIpc) is 2.34. The summed E-state index contributed by atoms with van der Waals surface area (Å²) < 4.78 is 50.9. The van der Waals surface area contributed by atoms with Gasteiger partial charge in [0.15, 0.2) is 0 Å². The van der Waals surface area contributed by atoms with E-state index in [1.54, 1.807) is 26.8 Å². The van der Waals surface area contributed by atoms with Gasteiger partial charge in [0.05, 0.1) is 18.0 Å². The van der Waals surface area contributed by atoms with Crippen molar-refractivity contribution in [3.05, 3.63) is 22.8 Å². The van der Waals surface area contributed by atoms with Crippen LogP contribution in [0.3, 0.4) is 0 Å². The number of halogens is 2. The van der Waals surface area contributed by atoms with E-state index < -0.39 is 29.6 Å². The number of benzene rings is 1. The zero-order chi connectivity index (χ0) is 16.4. The minimum atomic E-state index is -4.15. The summed E-state index contributed by atoms with van der Waals surface area (Å²) in [5.74, 6) is 0. The number of hydrogen-bond acceptors (Lipinski definition) is 4. The van der Waals surface area contributed by atoms with Gasteiger partial charge in [-0.25, -0.2) is 17.2 Å². The molecule has 0 aliphatic carbocycles. The quantitative estimate of drug-likeness (QED) is 0.776. The van der Waals surface area contributed by atoms with Gasteiger partial charge >= 0.3 is 0 Å². The topological polar surface area (TPSA) is 83.6 Å². The van der Waals surface area contributed by atoms with Crippen LogP contribution >= 0.6 is 0 Å². The molecule has 0 heterocycles. The number of sulfonamides is 1. The van der Waals surface area contributed by atoms with Crippen molar-refractivity contribution in [1.82, 2.24) is 4.31 Å². The molecule has 0 unspecified atom stereocenters. The summed E-state index contributed by atoms with van der Waals surface area (Å²) in [5, 5.41) is 8.92. The molecule has 8 heteroatoms. The molecule has 0 radical (unpaired) electrons. The van der Waals surface area contributed by atoms with Crippen LogP contribution in [0.25, 0.3) is 0 Å². The van der Waals surface area contributed by atoms with Crippen molar-refractivity contribution in [2.24, 2.45) is 0 Å². The lowest BCUT2D eigenvalue weighted by molar-refractivity contribution is 0.113. The van der Waals surface area contributed by atoms with Crippen molar-refractivity contribution >= 4 is 15.7 Å². The summed E-state index contributed by atoms with van der Waals surface area (Å²) >= 11 is 0. The molecule has 21 heavy (non-hydrogen) atoms. The van der Waals surface area contributed by atoms with Gasteiger partial charge in [0, 0.05) is 12.2 Å². The molecule has 5 nitrogen and oxygen atoms in total. The lowest BCUT2D eigenvalue weighted by Gasteiger charge is -2.24. The molecule has 1 aromatic rings. The molecule has 0 fully saturated rings. The number of nitrogens with zero attached hydrogens (tertiary/aromatic N) is 1. The number of nitrogens with two attached hydrogens (primary N) is 1. The van der Waals surface area contributed by atoms with Crippen molar-refractivity contribution < 1.29 is 22.3 Å². The van der Waals surface area contributed by atoms with E-state index in [9.17, 15) is 17.2 Å². The first-order valence-electron chi connectivity index (χ1n) is 6.38. The fourth-order valence-corrected chi connectivity index (χ4v) is 4.13. The van der Waals surface area contributed by atoms with Gasteiger partial charge in [-0.05, 0) is 37.5 Å². The first-order valence-corrected chi connectivity index (χ1v) is 7.82. The van der Waals surface area contributed by atoms with Crippen LogP contribution in [0.1, 0.15) is 16.7 Å². The Morgan fingerprint density at radius 1 is 1.29 bits per heavy atom. The third kappa shape index (κ3) is 3.69. The number of nitrogen functional groups attached to an aromatic ring is 1. The lowest BCUT2D eigenvalue weighted by Crippen LogP contribution is -2.38. The molecule has 0 aromatic heterocycles. The SMILES string of the molecule is Cc1cc(C)c(S(=O)(=O)N(CCO)CC(F)F)c(C)c1N. The molecule has 0 saturated heterocycles. The van der Waals surface area contributed by atoms with E-state index in [4.69, 9.17) is 10.8 Å². The first-order chi connectivity index (χ1) is 9.62. The Morgan fingerprint density at radius 2 is 1.86 bits per heavy atom. The van der Waals surface area contributed by atoms with Crippen molar-refractivity contribution in [2.45, 2.75) is 32.1 Å². The molecule has 0 bridgehead atoms. The van der Waals surface area contributed by atoms with Crippen LogP contribution in [0.5, 0.6) is 0 Å². The summed E-state index contributed by atoms with van der Waals surface area (Å²) in [7, 11) is -4.15. The third-order valence-electron chi connectivity index (χ3n) is 3.25. The molecule has 120 valence electrons. The molecule has 0 aliphatic heterocycles. The van der Waals surface area contributed by atoms with E-state index in [1.165, 1.54) is 0 Å². The van der Waals surface area contributed by atoms with Crippen LogP contribution in [0.15, 0.2) is 11.0 Å². The molecule has 1 aromatic carbocycles. The van der Waals surface area contributed by atoms with Crippen molar-refractivity contribution in [3.63, 3.8) is 0 Å². The van der Waals surface area contributed by atoms with Crippen LogP contribution in [0.4, 0.5) is 14.5 Å². The van der Waals surface area contributed by atoms with Gasteiger partial charge < -0.3 is 10.8 Å². The maximum Gasteiger partial charge on any atom is 0.252 e. The summed E-state index contributed by atoms with van der Waals surface area (Å²) in [6.07, 6.45) is -2.82. The minimum Gasteiger partial charge on any atom is -0.398 e. The van der Waals surface area contributed by atoms with Crippen LogP contribution < -0.4 is 5.73 Å². The van der Waals surface area contributed by atoms with Gasteiger partial charge in [0.1, 0.15) is 0 Å². The second-order valence-corrected chi connectivity index (χ2v) is 6.73. The molecule has 0 amide bonds. The fraction of sp³-hybridized carbons (Fsp3) is 0.538. The Morgan fingerprint density at radius 3 is 2.33 bits per heavy atom. The van der Waals surface area contributed by atoms with E-state index in [0.29, 0.717) is 21.1 Å². The summed E-state index contributed by atoms with van der Waals surface area (Å²) in [6, 6.07) is 1.61. The van der Waals surface area contributed by atoms with Gasteiger partial charge in [-0.15, -0.1) is 0 Å². The highest BCUT2D eigenvalue weighted by Gasteiger charge is 2.30. The standard InChI is InChI=1S/C13H20F2N2O3S/c1-8-6-9(2)13(10(3)12(8)16)21(19,20)17(4-5-18)7-11(14)15/h6,11,18H,4-5,7,16H2,1-3H3. The molecule has 1 rings (SSSR count). The number of hydrogen-bond donors (Lipinski definition) is 2. The molecular weight excluding hydrogens is 302 g/mol. The molecule has 0 atom stereocenters. The largest absolute Gasteiger partial charge is 0.398 e. The van der Waals surface area contributed by atoms with Gasteiger partial charge in [0.25, 0.3) is 6.43 Å². The molecular formula is C13H20F2N2O3S. The Kier molecular flexibility index (Phi) is 5.66. The van der Waals surface area contributed by atoms with Crippen LogP contribution in [-0.4, -0.2) is 44.0 Å². The van der Waals surface area contributed by atoms with Crippen molar-refractivity contribution in [1.29, 1.82) is 0 Å². The highest BCUT2D eigenvalue weighted by molar-refractivity contribution is 7.89. The van der Waals surface area contributed by atoms with Crippen LogP contribution in [0, 0.1) is 20.8 Å². The molecule has 0 spiro atoms. The molecule has 0 saturated carbocycles. The minimum absolute atomic E-state index is 0.0697. The maximum atomic E-state index is 12.6. The molecule has 3 N–H and O–H groups in total. The Balaban J connectivity index is 3.45. The maximum absolute atomic E-state index is 12.6. The normalized spacial score (nSPS) is 12.4. The summed E-state index contributed by atoms with van der Waals surface area (Å²) in [6.45, 7) is 2.99. The number of aliphatic hydroxyl groups is 1. The zero-order valence-corrected chi connectivity index (χ0v) is 13.0. The van der Waals surface area contributed by atoms with Crippen molar-refractivity contribution in [2.75, 3.05) is 25.4 Å². The number of aliphatic hydroxyl groups excluding tert-OH is 1. The third-order valence-corrected chi connectivity index (χ3v) is 5.41. The Bertz CT molecular complexity index is 618. The van der Waals surface area contributed by atoms with E-state index in [-0.39, 0.29) is 11.4 Å². The summed E-state index contributed by atoms with van der Waals surface area (Å²) in [5.41, 5.74) is 7.67. The van der Waals surface area contributed by atoms with E-state index >= 15 is 0 Å². The summed E-state index contributed by atoms with van der Waals surface area (Å²) in [4.78, 5) is -0.0697. The first kappa shape index (κ1) is 17.8. The predicted octanol–water partition coefficient (Wildman–Crippen LogP) is 1.44. The van der Waals surface area contributed by atoms with Crippen molar-refractivity contribution in [3.8, 4) is 0 Å². The van der Waals surface area contributed by atoms with Gasteiger partial charge in [0.2, 0.25) is 10.0 Å². The second-order valence-electron chi connectivity index (χ2n) is 4.86. The second kappa shape index (κ2) is 6.67. The van der Waals surface area contributed by atoms with Gasteiger partial charge in [-0.2, -0.15) is 4.31 Å². The average molecular weight is 322 g/mol. The number of alkyl halides is 2. The predicted molar refractivity (Wildman–Crippen MR) is 76.9 cm³/mol. The Labute approximate surface area is 123 Å². The fourth-order valence-electron chi connectivity index (χ4n) is 2.28. The smallest absolute Gasteiger partial charge is 0.252 e. The molecule has 0 aliphatic rings. The monoisotopic (exact) mass is 322 g/mol. The highest BCUT2D eigenvalue weighted by Crippen LogP contribution is 2.30. The highest BCUT2D eigenvalue weighted by atomic mass is 32.2. The van der Waals surface area contributed by atoms with E-state index in [1.807, 2.05) is 0 Å².